The van der Waals surface area contributed by atoms with Crippen molar-refractivity contribution in [3.05, 3.63) is 76.0 Å². The number of thiazole rings is 1. The molecule has 0 radical (unpaired) electrons. The van der Waals surface area contributed by atoms with Crippen molar-refractivity contribution < 1.29 is 17.6 Å². The minimum atomic E-state index is -3.78. The highest BCUT2D eigenvalue weighted by Crippen LogP contribution is 2.24. The quantitative estimate of drug-likeness (QED) is 0.565. The molecule has 2 N–H and O–H groups in total. The van der Waals surface area contributed by atoms with E-state index in [4.69, 9.17) is 0 Å². The van der Waals surface area contributed by atoms with Crippen LogP contribution in [0.2, 0.25) is 0 Å². The lowest BCUT2D eigenvalue weighted by Crippen LogP contribution is -2.40. The van der Waals surface area contributed by atoms with E-state index in [1.54, 1.807) is 58.2 Å². The Kier molecular flexibility index (Phi) is 6.59. The van der Waals surface area contributed by atoms with Gasteiger partial charge in [-0.3, -0.25) is 10.1 Å². The topological polar surface area (TPSA) is 88.2 Å². The predicted molar refractivity (Wildman–Crippen MR) is 121 cm³/mol. The maximum Gasteiger partial charge on any atom is 0.257 e. The molecule has 0 atom stereocenters. The molecule has 0 aliphatic rings. The van der Waals surface area contributed by atoms with Gasteiger partial charge in [0.15, 0.2) is 5.13 Å². The number of sulfonamides is 1. The van der Waals surface area contributed by atoms with Crippen LogP contribution in [-0.4, -0.2) is 24.8 Å². The molecule has 0 aliphatic carbocycles. The Bertz CT molecular complexity index is 1210. The number of amides is 1. The first kappa shape index (κ1) is 23.1. The van der Waals surface area contributed by atoms with Gasteiger partial charge < -0.3 is 0 Å². The summed E-state index contributed by atoms with van der Waals surface area (Å²) in [7, 11) is -3.78. The van der Waals surface area contributed by atoms with Gasteiger partial charge in [0.25, 0.3) is 5.91 Å². The van der Waals surface area contributed by atoms with E-state index in [0.717, 1.165) is 4.88 Å². The van der Waals surface area contributed by atoms with E-state index >= 15 is 0 Å². The first-order valence-electron chi connectivity index (χ1n) is 9.59. The van der Waals surface area contributed by atoms with Crippen LogP contribution in [0.25, 0.3) is 0 Å². The molecule has 1 aromatic heterocycles. The average molecular weight is 462 g/mol. The Morgan fingerprint density at radius 2 is 1.87 bits per heavy atom. The molecule has 0 spiro atoms. The standard InChI is InChI=1S/C22H24FN3O3S2/c1-14-9-10-17(31(28,29)26-22(2,3)4)12-18(14)20(27)25-21-24-13-16(30-21)11-15-7-5-6-8-19(15)23/h5-10,12-13,26H,11H2,1-4H3,(H,24,25,27). The number of nitrogens with one attached hydrogen (secondary N) is 2. The van der Waals surface area contributed by atoms with E-state index in [0.29, 0.717) is 22.7 Å². The maximum atomic E-state index is 13.9. The summed E-state index contributed by atoms with van der Waals surface area (Å²) in [5.41, 5.74) is 0.767. The highest BCUT2D eigenvalue weighted by Gasteiger charge is 2.24. The van der Waals surface area contributed by atoms with E-state index < -0.39 is 21.5 Å². The Labute approximate surface area is 185 Å². The van der Waals surface area contributed by atoms with Crippen molar-refractivity contribution in [3.8, 4) is 0 Å². The number of carbonyl (C=O) groups excluding carboxylic acids is 1. The van der Waals surface area contributed by atoms with Gasteiger partial charge in [-0.25, -0.2) is 22.5 Å². The lowest BCUT2D eigenvalue weighted by molar-refractivity contribution is 0.102. The summed E-state index contributed by atoms with van der Waals surface area (Å²) >= 11 is 1.24. The number of aryl methyl sites for hydroxylation is 1. The van der Waals surface area contributed by atoms with Crippen molar-refractivity contribution in [1.29, 1.82) is 0 Å². The monoisotopic (exact) mass is 461 g/mol. The first-order chi connectivity index (χ1) is 14.4. The highest BCUT2D eigenvalue weighted by atomic mass is 32.2. The van der Waals surface area contributed by atoms with Gasteiger partial charge >= 0.3 is 0 Å². The van der Waals surface area contributed by atoms with E-state index in [9.17, 15) is 17.6 Å². The molecular weight excluding hydrogens is 437 g/mol. The van der Waals surface area contributed by atoms with Gasteiger partial charge in [-0.2, -0.15) is 0 Å². The normalized spacial score (nSPS) is 12.0. The molecule has 1 amide bonds. The third-order valence-electron chi connectivity index (χ3n) is 4.30. The number of anilines is 1. The van der Waals surface area contributed by atoms with E-state index in [2.05, 4.69) is 15.0 Å². The fraction of sp³-hybridized carbons (Fsp3) is 0.273. The molecule has 164 valence electrons. The molecule has 0 aliphatic heterocycles. The van der Waals surface area contributed by atoms with Crippen molar-refractivity contribution in [2.45, 2.75) is 44.6 Å². The summed E-state index contributed by atoms with van der Waals surface area (Å²) in [4.78, 5) is 17.8. The summed E-state index contributed by atoms with van der Waals surface area (Å²) in [6.45, 7) is 6.96. The molecule has 0 fully saturated rings. The van der Waals surface area contributed by atoms with E-state index in [1.807, 2.05) is 0 Å². The van der Waals surface area contributed by atoms with Gasteiger partial charge in [-0.15, -0.1) is 11.3 Å². The first-order valence-corrected chi connectivity index (χ1v) is 11.9. The number of halogens is 1. The lowest BCUT2D eigenvalue weighted by Gasteiger charge is -2.20. The van der Waals surface area contributed by atoms with Crippen LogP contribution in [0.4, 0.5) is 9.52 Å². The Morgan fingerprint density at radius 1 is 1.16 bits per heavy atom. The summed E-state index contributed by atoms with van der Waals surface area (Å²) in [5, 5.41) is 3.06. The molecule has 6 nitrogen and oxygen atoms in total. The zero-order valence-electron chi connectivity index (χ0n) is 17.7. The summed E-state index contributed by atoms with van der Waals surface area (Å²) < 4.78 is 41.7. The third kappa shape index (κ3) is 5.96. The zero-order chi connectivity index (χ0) is 22.8. The van der Waals surface area contributed by atoms with E-state index in [1.165, 1.54) is 29.5 Å². The summed E-state index contributed by atoms with van der Waals surface area (Å²) in [6.07, 6.45) is 1.96. The number of hydrogen-bond acceptors (Lipinski definition) is 5. The minimum Gasteiger partial charge on any atom is -0.298 e. The number of rotatable bonds is 6. The number of aromatic nitrogens is 1. The van der Waals surface area contributed by atoms with Crippen molar-refractivity contribution in [1.82, 2.24) is 9.71 Å². The Morgan fingerprint density at radius 3 is 2.55 bits per heavy atom. The number of carbonyl (C=O) groups is 1. The number of hydrogen-bond donors (Lipinski definition) is 2. The van der Waals surface area contributed by atoms with Gasteiger partial charge in [-0.05, 0) is 57.0 Å². The average Bonchev–Trinajstić information content (AvgIpc) is 3.08. The van der Waals surface area contributed by atoms with Crippen LogP contribution < -0.4 is 10.0 Å². The summed E-state index contributed by atoms with van der Waals surface area (Å²) in [5.74, 6) is -0.754. The van der Waals surface area contributed by atoms with Crippen LogP contribution in [0.5, 0.6) is 0 Å². The van der Waals surface area contributed by atoms with Gasteiger partial charge in [0.2, 0.25) is 10.0 Å². The second kappa shape index (κ2) is 8.86. The molecule has 0 saturated heterocycles. The van der Waals surface area contributed by atoms with Gasteiger partial charge in [-0.1, -0.05) is 24.3 Å². The van der Waals surface area contributed by atoms with Crippen LogP contribution >= 0.6 is 11.3 Å². The molecule has 1 heterocycles. The zero-order valence-corrected chi connectivity index (χ0v) is 19.3. The molecule has 0 unspecified atom stereocenters. The largest absolute Gasteiger partial charge is 0.298 e. The maximum absolute atomic E-state index is 13.9. The molecule has 31 heavy (non-hydrogen) atoms. The second-order valence-electron chi connectivity index (χ2n) is 8.19. The van der Waals surface area contributed by atoms with Crippen LogP contribution in [0.15, 0.2) is 53.6 Å². The van der Waals surface area contributed by atoms with Gasteiger partial charge in [0.1, 0.15) is 5.82 Å². The van der Waals surface area contributed by atoms with Crippen LogP contribution in [0, 0.1) is 12.7 Å². The van der Waals surface area contributed by atoms with Crippen molar-refractivity contribution in [2.75, 3.05) is 5.32 Å². The van der Waals surface area contributed by atoms with Gasteiger partial charge in [0, 0.05) is 28.6 Å². The smallest absolute Gasteiger partial charge is 0.257 e. The molecule has 3 aromatic rings. The van der Waals surface area contributed by atoms with Crippen molar-refractivity contribution in [2.24, 2.45) is 0 Å². The predicted octanol–water partition coefficient (Wildman–Crippen LogP) is 4.51. The molecule has 3 rings (SSSR count). The van der Waals surface area contributed by atoms with Crippen molar-refractivity contribution >= 4 is 32.4 Å². The Hall–Kier alpha value is -2.62. The van der Waals surface area contributed by atoms with Crippen molar-refractivity contribution in [3.63, 3.8) is 0 Å². The van der Waals surface area contributed by atoms with Gasteiger partial charge in [0.05, 0.1) is 4.90 Å². The van der Waals surface area contributed by atoms with E-state index in [-0.39, 0.29) is 16.3 Å². The number of nitrogens with zero attached hydrogens (tertiary/aromatic N) is 1. The van der Waals surface area contributed by atoms with Crippen LogP contribution in [0.1, 0.15) is 47.1 Å². The molecular formula is C22H24FN3O3S2. The second-order valence-corrected chi connectivity index (χ2v) is 11.0. The lowest BCUT2D eigenvalue weighted by atomic mass is 10.1. The fourth-order valence-corrected chi connectivity index (χ4v) is 5.19. The number of benzene rings is 2. The summed E-state index contributed by atoms with van der Waals surface area (Å²) in [6, 6.07) is 10.9. The van der Waals surface area contributed by atoms with Crippen LogP contribution in [0.3, 0.4) is 0 Å². The fourth-order valence-electron chi connectivity index (χ4n) is 2.92. The molecule has 2 aromatic carbocycles. The third-order valence-corrected chi connectivity index (χ3v) is 6.97. The molecule has 0 bridgehead atoms. The highest BCUT2D eigenvalue weighted by molar-refractivity contribution is 7.89. The SMILES string of the molecule is Cc1ccc(S(=O)(=O)NC(C)(C)C)cc1C(=O)Nc1ncc(Cc2ccccc2F)s1. The molecule has 9 heteroatoms. The minimum absolute atomic E-state index is 0.0116. The van der Waals surface area contributed by atoms with Crippen LogP contribution in [-0.2, 0) is 16.4 Å². The molecule has 0 saturated carbocycles. The Balaban J connectivity index is 1.78.